The van der Waals surface area contributed by atoms with Gasteiger partial charge in [-0.2, -0.15) is 5.26 Å². The van der Waals surface area contributed by atoms with Crippen molar-refractivity contribution in [2.75, 3.05) is 7.11 Å². The maximum atomic E-state index is 13.3. The van der Waals surface area contributed by atoms with E-state index < -0.39 is 11.8 Å². The first-order chi connectivity index (χ1) is 9.56. The van der Waals surface area contributed by atoms with Crippen LogP contribution < -0.4 is 0 Å². The molecule has 0 unspecified atom stereocenters. The van der Waals surface area contributed by atoms with Crippen LogP contribution in [-0.2, 0) is 11.3 Å². The number of nitriles is 1. The summed E-state index contributed by atoms with van der Waals surface area (Å²) in [6, 6.07) is 5.92. The van der Waals surface area contributed by atoms with Crippen LogP contribution in [0, 0.1) is 24.1 Å². The molecule has 0 fully saturated rings. The number of carbonyl (C=O) groups is 1. The van der Waals surface area contributed by atoms with Gasteiger partial charge in [-0.1, -0.05) is 0 Å². The van der Waals surface area contributed by atoms with E-state index in [9.17, 15) is 9.18 Å². The van der Waals surface area contributed by atoms with Gasteiger partial charge < -0.3 is 9.30 Å². The van der Waals surface area contributed by atoms with Crippen LogP contribution in [0.15, 0.2) is 24.4 Å². The van der Waals surface area contributed by atoms with Gasteiger partial charge in [0.25, 0.3) is 0 Å². The molecular formula is C14H12FN3O2. The third-order valence-electron chi connectivity index (χ3n) is 2.97. The van der Waals surface area contributed by atoms with Crippen molar-refractivity contribution in [3.63, 3.8) is 0 Å². The largest absolute Gasteiger partial charge is 0.464 e. The first kappa shape index (κ1) is 13.7. The smallest absolute Gasteiger partial charge is 0.356 e. The second-order valence-corrected chi connectivity index (χ2v) is 4.18. The Kier molecular flexibility index (Phi) is 3.80. The first-order valence-corrected chi connectivity index (χ1v) is 5.85. The number of rotatable bonds is 3. The third-order valence-corrected chi connectivity index (χ3v) is 2.97. The molecule has 0 aliphatic carbocycles. The van der Waals surface area contributed by atoms with Gasteiger partial charge in [0.05, 0.1) is 31.5 Å². The van der Waals surface area contributed by atoms with Crippen LogP contribution in [0.5, 0.6) is 0 Å². The molecule has 0 amide bonds. The van der Waals surface area contributed by atoms with Crippen molar-refractivity contribution in [2.24, 2.45) is 0 Å². The first-order valence-electron chi connectivity index (χ1n) is 5.85. The summed E-state index contributed by atoms with van der Waals surface area (Å²) >= 11 is 0. The topological polar surface area (TPSA) is 67.9 Å². The van der Waals surface area contributed by atoms with E-state index in [4.69, 9.17) is 5.26 Å². The zero-order valence-electron chi connectivity index (χ0n) is 11.1. The van der Waals surface area contributed by atoms with Crippen LogP contribution >= 0.6 is 0 Å². The molecule has 102 valence electrons. The van der Waals surface area contributed by atoms with Gasteiger partial charge in [0.1, 0.15) is 17.3 Å². The highest BCUT2D eigenvalue weighted by Gasteiger charge is 2.16. The lowest BCUT2D eigenvalue weighted by Gasteiger charge is -2.10. The Morgan fingerprint density at radius 2 is 2.30 bits per heavy atom. The molecule has 2 aromatic rings. The van der Waals surface area contributed by atoms with E-state index in [1.807, 2.05) is 6.07 Å². The van der Waals surface area contributed by atoms with Gasteiger partial charge in [-0.25, -0.2) is 14.2 Å². The molecular weight excluding hydrogens is 261 g/mol. The van der Waals surface area contributed by atoms with Crippen molar-refractivity contribution in [3.8, 4) is 6.07 Å². The molecule has 1 aromatic heterocycles. The van der Waals surface area contributed by atoms with Crippen molar-refractivity contribution in [2.45, 2.75) is 13.5 Å². The molecule has 0 aliphatic heterocycles. The molecule has 0 N–H and O–H groups in total. The number of hydrogen-bond donors (Lipinski definition) is 0. The Morgan fingerprint density at radius 3 is 2.95 bits per heavy atom. The normalized spacial score (nSPS) is 10.1. The summed E-state index contributed by atoms with van der Waals surface area (Å²) in [7, 11) is 1.28. The van der Waals surface area contributed by atoms with Gasteiger partial charge in [0, 0.05) is 0 Å². The van der Waals surface area contributed by atoms with Crippen molar-refractivity contribution in [1.82, 2.24) is 9.55 Å². The summed E-state index contributed by atoms with van der Waals surface area (Å²) in [6.45, 7) is 1.90. The lowest BCUT2D eigenvalue weighted by atomic mass is 10.1. The number of benzene rings is 1. The number of carbonyl (C=O) groups excluding carboxylic acids is 1. The van der Waals surface area contributed by atoms with Crippen molar-refractivity contribution < 1.29 is 13.9 Å². The number of nitrogens with zero attached hydrogens (tertiary/aromatic N) is 3. The minimum atomic E-state index is -0.527. The zero-order chi connectivity index (χ0) is 14.7. The molecule has 1 aromatic carbocycles. The van der Waals surface area contributed by atoms with Crippen LogP contribution in [0.3, 0.4) is 0 Å². The minimum Gasteiger partial charge on any atom is -0.464 e. The summed E-state index contributed by atoms with van der Waals surface area (Å²) in [4.78, 5) is 15.7. The van der Waals surface area contributed by atoms with Crippen LogP contribution in [0.4, 0.5) is 4.39 Å². The molecule has 20 heavy (non-hydrogen) atoms. The Bertz CT molecular complexity index is 701. The lowest BCUT2D eigenvalue weighted by Crippen LogP contribution is -2.13. The standard InChI is InChI=1S/C14H12FN3O2/c1-9-17-7-13(14(19)20-2)18(9)8-11-5-12(15)4-3-10(11)6-16/h3-5,7H,8H2,1-2H3. The van der Waals surface area contributed by atoms with E-state index in [-0.39, 0.29) is 12.2 Å². The van der Waals surface area contributed by atoms with Crippen molar-refractivity contribution in [3.05, 3.63) is 52.9 Å². The molecule has 5 nitrogen and oxygen atoms in total. The Labute approximate surface area is 115 Å². The van der Waals surface area contributed by atoms with E-state index in [1.54, 1.807) is 11.5 Å². The Balaban J connectivity index is 2.45. The average molecular weight is 273 g/mol. The predicted molar refractivity (Wildman–Crippen MR) is 68.5 cm³/mol. The van der Waals surface area contributed by atoms with E-state index in [2.05, 4.69) is 9.72 Å². The number of aromatic nitrogens is 2. The van der Waals surface area contributed by atoms with Crippen molar-refractivity contribution in [1.29, 1.82) is 5.26 Å². The Morgan fingerprint density at radius 1 is 1.55 bits per heavy atom. The van der Waals surface area contributed by atoms with Crippen LogP contribution in [0.25, 0.3) is 0 Å². The van der Waals surface area contributed by atoms with E-state index >= 15 is 0 Å². The van der Waals surface area contributed by atoms with E-state index in [0.717, 1.165) is 0 Å². The molecule has 0 bridgehead atoms. The van der Waals surface area contributed by atoms with Gasteiger partial charge in [-0.15, -0.1) is 0 Å². The third kappa shape index (κ3) is 2.52. The van der Waals surface area contributed by atoms with Gasteiger partial charge in [-0.05, 0) is 30.7 Å². The predicted octanol–water partition coefficient (Wildman–Crippen LogP) is 2.04. The minimum absolute atomic E-state index is 0.178. The molecule has 0 saturated heterocycles. The van der Waals surface area contributed by atoms with Crippen LogP contribution in [-0.4, -0.2) is 22.6 Å². The van der Waals surface area contributed by atoms with Crippen LogP contribution in [0.2, 0.25) is 0 Å². The summed E-state index contributed by atoms with van der Waals surface area (Å²) in [5, 5.41) is 9.04. The summed E-state index contributed by atoms with van der Waals surface area (Å²) < 4.78 is 19.6. The van der Waals surface area contributed by atoms with Crippen molar-refractivity contribution >= 4 is 5.97 Å². The summed E-state index contributed by atoms with van der Waals surface area (Å²) in [6.07, 6.45) is 1.40. The fourth-order valence-electron chi connectivity index (χ4n) is 1.91. The number of aryl methyl sites for hydroxylation is 1. The Hall–Kier alpha value is -2.68. The fourth-order valence-corrected chi connectivity index (χ4v) is 1.91. The molecule has 0 aliphatic rings. The highest BCUT2D eigenvalue weighted by atomic mass is 19.1. The molecule has 6 heteroatoms. The lowest BCUT2D eigenvalue weighted by molar-refractivity contribution is 0.0588. The number of ether oxygens (including phenoxy) is 1. The van der Waals surface area contributed by atoms with Gasteiger partial charge in [-0.3, -0.25) is 0 Å². The number of imidazole rings is 1. The van der Waals surface area contributed by atoms with Gasteiger partial charge >= 0.3 is 5.97 Å². The van der Waals surface area contributed by atoms with E-state index in [1.165, 1.54) is 31.5 Å². The van der Waals surface area contributed by atoms with E-state index in [0.29, 0.717) is 17.0 Å². The maximum absolute atomic E-state index is 13.3. The monoisotopic (exact) mass is 273 g/mol. The summed E-state index contributed by atoms with van der Waals surface area (Å²) in [5.41, 5.74) is 1.10. The number of halogens is 1. The highest BCUT2D eigenvalue weighted by Crippen LogP contribution is 2.15. The zero-order valence-corrected chi connectivity index (χ0v) is 11.1. The molecule has 0 atom stereocenters. The molecule has 0 saturated carbocycles. The van der Waals surface area contributed by atoms with Crippen LogP contribution in [0.1, 0.15) is 27.4 Å². The quantitative estimate of drug-likeness (QED) is 0.802. The maximum Gasteiger partial charge on any atom is 0.356 e. The second kappa shape index (κ2) is 5.53. The number of esters is 1. The molecule has 2 rings (SSSR count). The van der Waals surface area contributed by atoms with Gasteiger partial charge in [0.2, 0.25) is 0 Å². The SMILES string of the molecule is COC(=O)c1cnc(C)n1Cc1cc(F)ccc1C#N. The number of hydrogen-bond acceptors (Lipinski definition) is 4. The molecule has 0 spiro atoms. The van der Waals surface area contributed by atoms with Gasteiger partial charge in [0.15, 0.2) is 0 Å². The second-order valence-electron chi connectivity index (χ2n) is 4.18. The highest BCUT2D eigenvalue weighted by molar-refractivity contribution is 5.87. The number of methoxy groups -OCH3 is 1. The average Bonchev–Trinajstić information content (AvgIpc) is 2.80. The fraction of sp³-hybridized carbons (Fsp3) is 0.214. The summed E-state index contributed by atoms with van der Waals surface area (Å²) in [5.74, 6) is -0.379. The molecule has 0 radical (unpaired) electrons. The molecule has 1 heterocycles.